The number of carboxylic acid groups (broad SMARTS) is 1. The molecule has 9 nitrogen and oxygen atoms in total. The minimum atomic E-state index is -1.04. The molecule has 0 radical (unpaired) electrons. The molecular weight excluding hydrogens is 525 g/mol. The molecule has 6 rings (SSSR count). The number of aromatic nitrogens is 2. The Kier molecular flexibility index (Phi) is 6.95. The lowest BCUT2D eigenvalue weighted by atomic mass is 9.97. The fraction of sp³-hybridized carbons (Fsp3) is 0.129. The molecule has 0 amide bonds. The van der Waals surface area contributed by atoms with Gasteiger partial charge in [0.2, 0.25) is 0 Å². The first kappa shape index (κ1) is 25.9. The fourth-order valence-corrected chi connectivity index (χ4v) is 4.74. The lowest BCUT2D eigenvalue weighted by molar-refractivity contribution is 0.0698. The van der Waals surface area contributed by atoms with Crippen LogP contribution in [-0.4, -0.2) is 39.7 Å². The summed E-state index contributed by atoms with van der Waals surface area (Å²) in [5.41, 5.74) is 4.53. The molecule has 2 heterocycles. The largest absolute Gasteiger partial charge is 0.478 e. The van der Waals surface area contributed by atoms with Crippen LogP contribution >= 0.6 is 0 Å². The third kappa shape index (κ3) is 5.14. The molecule has 0 saturated heterocycles. The number of nitrogens with zero attached hydrogens (tertiary/aromatic N) is 5. The van der Waals surface area contributed by atoms with E-state index in [0.717, 1.165) is 22.3 Å². The van der Waals surface area contributed by atoms with E-state index in [1.54, 1.807) is 47.0 Å². The Morgan fingerprint density at radius 1 is 1.00 bits per heavy atom. The van der Waals surface area contributed by atoms with Gasteiger partial charge in [0.15, 0.2) is 24.1 Å². The molecule has 5 aromatic rings. The van der Waals surface area contributed by atoms with Gasteiger partial charge in [-0.25, -0.2) is 14.2 Å². The Balaban J connectivity index is 1.37. The van der Waals surface area contributed by atoms with Crippen LogP contribution in [-0.2, 0) is 6.54 Å². The van der Waals surface area contributed by atoms with Gasteiger partial charge in [-0.2, -0.15) is 10.1 Å². The van der Waals surface area contributed by atoms with Gasteiger partial charge in [0.1, 0.15) is 5.75 Å². The van der Waals surface area contributed by atoms with Gasteiger partial charge >= 0.3 is 5.97 Å². The standard InChI is InChI=1S/C31H24FN5O4/c1-2-40-31-35-26-8-5-6-23(30(38)39)28(26)37(31)17-19-10-12-20(13-11-19)24-16-21(41-27-9-4-3-7-25(27)32)14-15-22(24)29-33-18-34-36-29/h3-16H,2,17-18H2,1H3,(H,38,39). The molecule has 1 N–H and O–H groups in total. The van der Waals surface area contributed by atoms with E-state index >= 15 is 0 Å². The number of aliphatic imine (C=N–C) groups is 1. The van der Waals surface area contributed by atoms with Crippen molar-refractivity contribution in [1.82, 2.24) is 9.55 Å². The third-order valence-corrected chi connectivity index (χ3v) is 6.59. The summed E-state index contributed by atoms with van der Waals surface area (Å²) in [4.78, 5) is 20.8. The molecule has 0 spiro atoms. The summed E-state index contributed by atoms with van der Waals surface area (Å²) in [6.45, 7) is 2.85. The first-order valence-electron chi connectivity index (χ1n) is 12.9. The number of azo groups is 1. The summed E-state index contributed by atoms with van der Waals surface area (Å²) in [6, 6.07) is 24.8. The molecule has 10 heteroatoms. The zero-order valence-corrected chi connectivity index (χ0v) is 22.0. The highest BCUT2D eigenvalue weighted by Crippen LogP contribution is 2.33. The van der Waals surface area contributed by atoms with Crippen LogP contribution in [0.3, 0.4) is 0 Å². The van der Waals surface area contributed by atoms with Crippen LogP contribution in [0.1, 0.15) is 28.4 Å². The molecule has 0 fully saturated rings. The number of amidine groups is 1. The lowest BCUT2D eigenvalue weighted by Gasteiger charge is -2.14. The van der Waals surface area contributed by atoms with Crippen LogP contribution in [0.4, 0.5) is 4.39 Å². The van der Waals surface area contributed by atoms with Gasteiger partial charge in [-0.05, 0) is 66.1 Å². The van der Waals surface area contributed by atoms with Gasteiger partial charge in [0.25, 0.3) is 6.01 Å². The second kappa shape index (κ2) is 11.0. The van der Waals surface area contributed by atoms with Crippen molar-refractivity contribution in [1.29, 1.82) is 0 Å². The predicted molar refractivity (Wildman–Crippen MR) is 152 cm³/mol. The number of halogens is 1. The van der Waals surface area contributed by atoms with Gasteiger partial charge in [0, 0.05) is 5.56 Å². The second-order valence-electron chi connectivity index (χ2n) is 9.19. The topological polar surface area (TPSA) is 111 Å². The molecular formula is C31H24FN5O4. The SMILES string of the molecule is CCOc1nc2cccc(C(=O)O)c2n1Cc1ccc(-c2cc(Oc3ccccc3F)ccc2C2=NCN=N2)cc1. The number of carbonyl (C=O) groups is 1. The normalized spacial score (nSPS) is 12.5. The fourth-order valence-electron chi connectivity index (χ4n) is 4.74. The maximum Gasteiger partial charge on any atom is 0.337 e. The maximum atomic E-state index is 14.2. The Bertz CT molecular complexity index is 1830. The molecule has 1 aromatic heterocycles. The maximum absolute atomic E-state index is 14.2. The van der Waals surface area contributed by atoms with Gasteiger partial charge in [0.05, 0.1) is 29.7 Å². The Morgan fingerprint density at radius 3 is 2.56 bits per heavy atom. The molecule has 0 unspecified atom stereocenters. The number of aromatic carboxylic acids is 1. The zero-order valence-electron chi connectivity index (χ0n) is 22.0. The monoisotopic (exact) mass is 549 g/mol. The smallest absolute Gasteiger partial charge is 0.337 e. The molecule has 0 saturated carbocycles. The van der Waals surface area contributed by atoms with Gasteiger partial charge in [-0.15, -0.1) is 5.11 Å². The number of para-hydroxylation sites is 2. The van der Waals surface area contributed by atoms with Crippen LogP contribution in [0.5, 0.6) is 17.5 Å². The van der Waals surface area contributed by atoms with Crippen molar-refractivity contribution in [3.05, 3.63) is 107 Å². The molecule has 204 valence electrons. The van der Waals surface area contributed by atoms with E-state index < -0.39 is 11.8 Å². The number of ether oxygens (including phenoxy) is 2. The van der Waals surface area contributed by atoms with Crippen molar-refractivity contribution >= 4 is 22.8 Å². The average Bonchev–Trinajstić information content (AvgIpc) is 3.64. The van der Waals surface area contributed by atoms with E-state index in [2.05, 4.69) is 20.2 Å². The Morgan fingerprint density at radius 2 is 1.83 bits per heavy atom. The molecule has 1 aliphatic heterocycles. The molecule has 0 bridgehead atoms. The highest BCUT2D eigenvalue weighted by molar-refractivity contribution is 6.05. The predicted octanol–water partition coefficient (Wildman–Crippen LogP) is 6.95. The average molecular weight is 550 g/mol. The van der Waals surface area contributed by atoms with E-state index in [4.69, 9.17) is 9.47 Å². The lowest BCUT2D eigenvalue weighted by Crippen LogP contribution is -2.08. The highest BCUT2D eigenvalue weighted by atomic mass is 19.1. The summed E-state index contributed by atoms with van der Waals surface area (Å²) in [5.74, 6) is -0.402. The first-order chi connectivity index (χ1) is 20.0. The van der Waals surface area contributed by atoms with Crippen LogP contribution in [0.15, 0.2) is 100 Å². The van der Waals surface area contributed by atoms with Crippen LogP contribution in [0, 0.1) is 5.82 Å². The van der Waals surface area contributed by atoms with Crippen molar-refractivity contribution in [2.75, 3.05) is 13.3 Å². The number of hydrogen-bond acceptors (Lipinski definition) is 7. The number of imidazole rings is 1. The number of carboxylic acids is 1. The van der Waals surface area contributed by atoms with Crippen molar-refractivity contribution in [2.24, 2.45) is 15.2 Å². The van der Waals surface area contributed by atoms with Gasteiger partial charge < -0.3 is 14.6 Å². The van der Waals surface area contributed by atoms with Gasteiger partial charge in [-0.1, -0.05) is 42.5 Å². The highest BCUT2D eigenvalue weighted by Gasteiger charge is 2.20. The Labute approximate surface area is 234 Å². The minimum Gasteiger partial charge on any atom is -0.478 e. The summed E-state index contributed by atoms with van der Waals surface area (Å²) < 4.78 is 27.6. The molecule has 41 heavy (non-hydrogen) atoms. The van der Waals surface area contributed by atoms with E-state index in [9.17, 15) is 14.3 Å². The first-order valence-corrected chi connectivity index (χ1v) is 12.9. The number of rotatable bonds is 9. The summed E-state index contributed by atoms with van der Waals surface area (Å²) in [5, 5.41) is 17.9. The quantitative estimate of drug-likeness (QED) is 0.214. The zero-order chi connectivity index (χ0) is 28.3. The molecule has 0 aliphatic carbocycles. The summed E-state index contributed by atoms with van der Waals surface area (Å²) in [7, 11) is 0. The number of benzene rings is 4. The van der Waals surface area contributed by atoms with Crippen molar-refractivity contribution < 1.29 is 23.8 Å². The van der Waals surface area contributed by atoms with Crippen molar-refractivity contribution in [2.45, 2.75) is 13.5 Å². The van der Waals surface area contributed by atoms with Gasteiger partial charge in [-0.3, -0.25) is 4.57 Å². The van der Waals surface area contributed by atoms with Crippen LogP contribution in [0.2, 0.25) is 0 Å². The molecule has 4 aromatic carbocycles. The van der Waals surface area contributed by atoms with E-state index in [-0.39, 0.29) is 18.0 Å². The summed E-state index contributed by atoms with van der Waals surface area (Å²) >= 11 is 0. The van der Waals surface area contributed by atoms with E-state index in [1.165, 1.54) is 6.07 Å². The third-order valence-electron chi connectivity index (χ3n) is 6.59. The van der Waals surface area contributed by atoms with Crippen molar-refractivity contribution in [3.63, 3.8) is 0 Å². The number of fused-ring (bicyclic) bond motifs is 1. The molecule has 1 aliphatic rings. The second-order valence-corrected chi connectivity index (χ2v) is 9.19. The van der Waals surface area contributed by atoms with E-state index in [1.807, 2.05) is 43.3 Å². The van der Waals surface area contributed by atoms with Crippen molar-refractivity contribution in [3.8, 4) is 28.6 Å². The Hall–Kier alpha value is -5.38. The molecule has 0 atom stereocenters. The minimum absolute atomic E-state index is 0.123. The van der Waals surface area contributed by atoms with Crippen LogP contribution < -0.4 is 9.47 Å². The van der Waals surface area contributed by atoms with Crippen LogP contribution in [0.25, 0.3) is 22.2 Å². The van der Waals surface area contributed by atoms with E-state index in [0.29, 0.717) is 41.8 Å². The summed E-state index contributed by atoms with van der Waals surface area (Å²) in [6.07, 6.45) is 0. The number of hydrogen-bond donors (Lipinski definition) is 1.